The molecule has 7 heteroatoms. The quantitative estimate of drug-likeness (QED) is 0.248. The summed E-state index contributed by atoms with van der Waals surface area (Å²) >= 11 is 1.30. The average molecular weight is 536 g/mol. The van der Waals surface area contributed by atoms with Gasteiger partial charge >= 0.3 is 5.97 Å². The third-order valence-electron chi connectivity index (χ3n) is 7.76. The summed E-state index contributed by atoms with van der Waals surface area (Å²) in [5, 5.41) is 0. The van der Waals surface area contributed by atoms with E-state index in [1.807, 2.05) is 18.2 Å². The van der Waals surface area contributed by atoms with Crippen molar-refractivity contribution in [3.63, 3.8) is 0 Å². The van der Waals surface area contributed by atoms with Gasteiger partial charge in [-0.2, -0.15) is 4.37 Å². The third kappa shape index (κ3) is 5.48. The minimum absolute atomic E-state index is 0.0487. The number of allylic oxidation sites excluding steroid dienone is 2. The zero-order chi connectivity index (χ0) is 26.9. The minimum Gasteiger partial charge on any atom is -0.497 e. The summed E-state index contributed by atoms with van der Waals surface area (Å²) in [5.41, 5.74) is 4.47. The van der Waals surface area contributed by atoms with Gasteiger partial charge in [0, 0.05) is 11.1 Å². The van der Waals surface area contributed by atoms with Crippen LogP contribution in [-0.2, 0) is 16.1 Å². The van der Waals surface area contributed by atoms with Gasteiger partial charge in [-0.25, -0.2) is 4.39 Å². The number of esters is 1. The molecule has 5 nitrogen and oxygen atoms in total. The molecular weight excluding hydrogens is 501 g/mol. The number of rotatable bonds is 10. The van der Waals surface area contributed by atoms with Crippen LogP contribution in [0.5, 0.6) is 11.5 Å². The van der Waals surface area contributed by atoms with Crippen molar-refractivity contribution in [3.05, 3.63) is 71.2 Å². The Balaban J connectivity index is 1.45. The maximum atomic E-state index is 15.1. The van der Waals surface area contributed by atoms with E-state index in [4.69, 9.17) is 18.6 Å². The highest BCUT2D eigenvalue weighted by Crippen LogP contribution is 2.50. The second kappa shape index (κ2) is 10.9. The monoisotopic (exact) mass is 535 g/mol. The van der Waals surface area contributed by atoms with E-state index in [1.54, 1.807) is 19.2 Å². The Hall–Kier alpha value is -3.19. The third-order valence-corrected chi connectivity index (χ3v) is 8.68. The van der Waals surface area contributed by atoms with Crippen LogP contribution in [0.25, 0.3) is 16.0 Å². The maximum Gasteiger partial charge on any atom is 0.306 e. The highest BCUT2D eigenvalue weighted by molar-refractivity contribution is 7.10. The largest absolute Gasteiger partial charge is 0.497 e. The van der Waals surface area contributed by atoms with Crippen LogP contribution in [0, 0.1) is 17.2 Å². The molecule has 0 unspecified atom stereocenters. The standard InChI is InChI=1S/C31H34FNO4S/c1-31(2)14-6-9-25(31)29-27(33-38-30(29)24-16-21(35-3)12-13-26(24)32)18-37-22-8-5-7-20(15-22)23(19-10-11-19)17-28(34)36-4/h5,7-9,12-13,15-16,19,23H,6,10-11,14,17-18H2,1-4H3/t23-/m0/s1. The number of hydrogen-bond donors (Lipinski definition) is 0. The van der Waals surface area contributed by atoms with Crippen LogP contribution in [0.15, 0.2) is 48.5 Å². The number of carbonyl (C=O) groups is 1. The summed E-state index contributed by atoms with van der Waals surface area (Å²) in [4.78, 5) is 12.8. The Morgan fingerprint density at radius 2 is 1.97 bits per heavy atom. The molecule has 0 spiro atoms. The average Bonchev–Trinajstić information content (AvgIpc) is 3.58. The van der Waals surface area contributed by atoms with E-state index < -0.39 is 0 Å². The fraction of sp³-hybridized carbons (Fsp3) is 0.419. The van der Waals surface area contributed by atoms with Crippen LogP contribution in [-0.4, -0.2) is 24.6 Å². The molecule has 1 aromatic heterocycles. The number of carbonyl (C=O) groups excluding carboxylic acids is 1. The molecule has 0 aliphatic heterocycles. The topological polar surface area (TPSA) is 57.7 Å². The molecule has 1 fully saturated rings. The molecule has 1 heterocycles. The SMILES string of the molecule is COC(=O)C[C@H](c1cccc(OCc2nsc(-c3cc(OC)ccc3F)c2C2=CCCC2(C)C)c1)C1CC1. The first-order valence-corrected chi connectivity index (χ1v) is 13.9. The van der Waals surface area contributed by atoms with Crippen LogP contribution in [0.3, 0.4) is 0 Å². The van der Waals surface area contributed by atoms with Crippen molar-refractivity contribution in [3.8, 4) is 21.9 Å². The Morgan fingerprint density at radius 3 is 2.66 bits per heavy atom. The van der Waals surface area contributed by atoms with E-state index in [0.717, 1.165) is 53.1 Å². The predicted molar refractivity (Wildman–Crippen MR) is 148 cm³/mol. The molecule has 2 aliphatic rings. The Bertz CT molecular complexity index is 1360. The fourth-order valence-corrected chi connectivity index (χ4v) is 6.34. The van der Waals surface area contributed by atoms with Gasteiger partial charge in [0.2, 0.25) is 0 Å². The number of aromatic nitrogens is 1. The Labute approximate surface area is 227 Å². The van der Waals surface area contributed by atoms with E-state index >= 15 is 4.39 Å². The number of hydrogen-bond acceptors (Lipinski definition) is 6. The molecule has 3 aromatic rings. The summed E-state index contributed by atoms with van der Waals surface area (Å²) in [5.74, 6) is 1.48. The second-order valence-corrected chi connectivity index (χ2v) is 11.6. The van der Waals surface area contributed by atoms with Crippen LogP contribution in [0.4, 0.5) is 4.39 Å². The van der Waals surface area contributed by atoms with Crippen LogP contribution in [0.2, 0.25) is 0 Å². The molecule has 0 N–H and O–H groups in total. The molecule has 1 saturated carbocycles. The Morgan fingerprint density at radius 1 is 1.16 bits per heavy atom. The number of halogens is 1. The van der Waals surface area contributed by atoms with E-state index in [9.17, 15) is 4.79 Å². The highest BCUT2D eigenvalue weighted by Gasteiger charge is 2.35. The number of methoxy groups -OCH3 is 2. The van der Waals surface area contributed by atoms with Gasteiger partial charge in [0.15, 0.2) is 0 Å². The van der Waals surface area contributed by atoms with Gasteiger partial charge in [-0.05, 0) is 95.9 Å². The van der Waals surface area contributed by atoms with Crippen molar-refractivity contribution < 1.29 is 23.4 Å². The minimum atomic E-state index is -0.302. The van der Waals surface area contributed by atoms with Gasteiger partial charge in [0.05, 0.1) is 31.2 Å². The molecule has 0 saturated heterocycles. The lowest BCUT2D eigenvalue weighted by atomic mass is 9.81. The molecule has 38 heavy (non-hydrogen) atoms. The van der Waals surface area contributed by atoms with E-state index in [1.165, 1.54) is 30.3 Å². The first kappa shape index (κ1) is 26.4. The Kier molecular flexibility index (Phi) is 7.57. The van der Waals surface area contributed by atoms with Crippen molar-refractivity contribution >= 4 is 23.1 Å². The van der Waals surface area contributed by atoms with Gasteiger partial charge in [-0.3, -0.25) is 4.79 Å². The lowest BCUT2D eigenvalue weighted by Crippen LogP contribution is -2.12. The predicted octanol–water partition coefficient (Wildman–Crippen LogP) is 7.80. The van der Waals surface area contributed by atoms with Gasteiger partial charge in [-0.1, -0.05) is 32.1 Å². The summed E-state index contributed by atoms with van der Waals surface area (Å²) in [6.45, 7) is 4.71. The van der Waals surface area contributed by atoms with Gasteiger partial charge < -0.3 is 14.2 Å². The molecule has 5 rings (SSSR count). The van der Waals surface area contributed by atoms with Crippen LogP contribution < -0.4 is 9.47 Å². The summed E-state index contributed by atoms with van der Waals surface area (Å²) in [6, 6.07) is 12.8. The first-order valence-electron chi connectivity index (χ1n) is 13.1. The van der Waals surface area contributed by atoms with Crippen molar-refractivity contribution in [2.45, 2.75) is 58.5 Å². The normalized spacial score (nSPS) is 17.1. The van der Waals surface area contributed by atoms with Gasteiger partial charge in [-0.15, -0.1) is 0 Å². The summed E-state index contributed by atoms with van der Waals surface area (Å²) < 4.78 is 36.4. The van der Waals surface area contributed by atoms with Crippen LogP contribution in [0.1, 0.15) is 68.7 Å². The molecular formula is C31H34FNO4S. The molecule has 0 bridgehead atoms. The van der Waals surface area contributed by atoms with Crippen molar-refractivity contribution in [1.82, 2.24) is 4.37 Å². The molecule has 2 aromatic carbocycles. The molecule has 0 amide bonds. The van der Waals surface area contributed by atoms with Gasteiger partial charge in [0.1, 0.15) is 23.9 Å². The number of nitrogens with zero attached hydrogens (tertiary/aromatic N) is 1. The number of benzene rings is 2. The van der Waals surface area contributed by atoms with Crippen molar-refractivity contribution in [2.75, 3.05) is 14.2 Å². The number of ether oxygens (including phenoxy) is 3. The van der Waals surface area contributed by atoms with E-state index in [-0.39, 0.29) is 29.7 Å². The smallest absolute Gasteiger partial charge is 0.306 e. The molecule has 2 aliphatic carbocycles. The highest BCUT2D eigenvalue weighted by atomic mass is 32.1. The zero-order valence-electron chi connectivity index (χ0n) is 22.4. The lowest BCUT2D eigenvalue weighted by Gasteiger charge is -2.24. The zero-order valence-corrected chi connectivity index (χ0v) is 23.2. The fourth-order valence-electron chi connectivity index (χ4n) is 5.42. The van der Waals surface area contributed by atoms with Crippen LogP contribution >= 0.6 is 11.5 Å². The summed E-state index contributed by atoms with van der Waals surface area (Å²) in [6.07, 6.45) is 6.89. The maximum absolute atomic E-state index is 15.1. The van der Waals surface area contributed by atoms with Gasteiger partial charge in [0.25, 0.3) is 0 Å². The molecule has 1 atom stereocenters. The molecule has 0 radical (unpaired) electrons. The van der Waals surface area contributed by atoms with E-state index in [2.05, 4.69) is 26.0 Å². The van der Waals surface area contributed by atoms with E-state index in [0.29, 0.717) is 23.7 Å². The second-order valence-electron chi connectivity index (χ2n) is 10.8. The summed E-state index contributed by atoms with van der Waals surface area (Å²) in [7, 11) is 3.02. The van der Waals surface area contributed by atoms with Crippen molar-refractivity contribution in [1.29, 1.82) is 0 Å². The first-order chi connectivity index (χ1) is 18.3. The molecule has 200 valence electrons. The van der Waals surface area contributed by atoms with Crippen molar-refractivity contribution in [2.24, 2.45) is 11.3 Å². The lowest BCUT2D eigenvalue weighted by molar-refractivity contribution is -0.141.